The molecule has 0 bridgehead atoms. The van der Waals surface area contributed by atoms with Gasteiger partial charge >= 0.3 is 0 Å². The molecule has 2 fully saturated rings. The number of rotatable bonds is 12. The molecule has 2 N–H and O–H groups in total. The molecule has 3 atom stereocenters. The highest BCUT2D eigenvalue weighted by atomic mass is 35.5. The maximum absolute atomic E-state index is 13.3. The third kappa shape index (κ3) is 6.88. The summed E-state index contributed by atoms with van der Waals surface area (Å²) in [6, 6.07) is 11.4. The lowest BCUT2D eigenvalue weighted by Gasteiger charge is -2.15. The van der Waals surface area contributed by atoms with Gasteiger partial charge in [0.1, 0.15) is 17.6 Å². The van der Waals surface area contributed by atoms with Crippen molar-refractivity contribution in [2.75, 3.05) is 14.2 Å². The van der Waals surface area contributed by atoms with E-state index in [4.69, 9.17) is 37.7 Å². The molecule has 234 valence electrons. The fourth-order valence-electron chi connectivity index (χ4n) is 5.56. The lowest BCUT2D eigenvalue weighted by molar-refractivity contribution is -0.119. The number of alkyl halides is 1. The molecule has 1 aliphatic heterocycles. The van der Waals surface area contributed by atoms with Crippen molar-refractivity contribution in [2.24, 2.45) is 0 Å². The Balaban J connectivity index is 1.24. The first-order valence-corrected chi connectivity index (χ1v) is 15.7. The Morgan fingerprint density at radius 3 is 2.00 bits per heavy atom. The van der Waals surface area contributed by atoms with E-state index in [1.165, 1.54) is 7.11 Å². The SMILES string of the molecule is COc1nc(-c2cccc(-c3cccc(-c4cnc(CN[C@@H]5C[C@@H]5F)c(OC)n4)c3Cl)c2Cl)cnc1CCC[C@@H]1CCC(=O)N1. The molecule has 3 heterocycles. The van der Waals surface area contributed by atoms with Crippen molar-refractivity contribution in [2.45, 2.75) is 63.3 Å². The van der Waals surface area contributed by atoms with Gasteiger partial charge in [-0.15, -0.1) is 0 Å². The minimum atomic E-state index is -0.813. The highest BCUT2D eigenvalue weighted by molar-refractivity contribution is 6.39. The number of nitrogens with zero attached hydrogens (tertiary/aromatic N) is 4. The van der Waals surface area contributed by atoms with Gasteiger partial charge in [-0.1, -0.05) is 59.6 Å². The third-order valence-electron chi connectivity index (χ3n) is 8.14. The molecule has 1 saturated heterocycles. The standard InChI is InChI=1S/C33H33Cl2FN6O3/c1-44-32-24(11-3-6-18-12-13-29(43)40-18)37-15-26(41-32)21-9-4-7-19(30(21)34)20-8-5-10-22(31(20)35)27-16-39-28(33(42-27)45-2)17-38-25-14-23(25)36/h4-5,7-10,15-16,18,23,25,38H,3,6,11-14,17H2,1-2H3,(H,40,43)/t18-,23+,25-/m1/s1. The molecule has 9 nitrogen and oxygen atoms in total. The van der Waals surface area contributed by atoms with Gasteiger partial charge in [0.15, 0.2) is 0 Å². The average molecular weight is 652 g/mol. The minimum Gasteiger partial charge on any atom is -0.480 e. The number of aromatic nitrogens is 4. The number of halogens is 3. The number of nitrogens with one attached hydrogen (secondary N) is 2. The van der Waals surface area contributed by atoms with Crippen molar-refractivity contribution < 1.29 is 18.7 Å². The van der Waals surface area contributed by atoms with Crippen LogP contribution in [0.2, 0.25) is 10.0 Å². The second-order valence-corrected chi connectivity index (χ2v) is 11.9. The molecule has 2 aliphatic rings. The van der Waals surface area contributed by atoms with Crippen molar-refractivity contribution >= 4 is 29.1 Å². The number of aryl methyl sites for hydroxylation is 1. The first-order chi connectivity index (χ1) is 21.9. The molecular formula is C33H33Cl2FN6O3. The van der Waals surface area contributed by atoms with Crippen LogP contribution in [-0.2, 0) is 17.8 Å². The van der Waals surface area contributed by atoms with E-state index in [-0.39, 0.29) is 18.0 Å². The number of hydrogen-bond donors (Lipinski definition) is 2. The molecule has 2 aromatic carbocycles. The highest BCUT2D eigenvalue weighted by Crippen LogP contribution is 2.42. The molecule has 4 aromatic rings. The molecule has 12 heteroatoms. The van der Waals surface area contributed by atoms with Crippen LogP contribution in [0.5, 0.6) is 11.8 Å². The normalized spacial score (nSPS) is 19.0. The average Bonchev–Trinajstić information content (AvgIpc) is 3.61. The number of carbonyl (C=O) groups is 1. The number of benzene rings is 2. The van der Waals surface area contributed by atoms with Crippen LogP contribution in [0.3, 0.4) is 0 Å². The van der Waals surface area contributed by atoms with Crippen LogP contribution in [0, 0.1) is 0 Å². The van der Waals surface area contributed by atoms with Gasteiger partial charge in [0.25, 0.3) is 0 Å². The fourth-order valence-corrected chi connectivity index (χ4v) is 6.21. The number of methoxy groups -OCH3 is 2. The largest absolute Gasteiger partial charge is 0.480 e. The maximum atomic E-state index is 13.3. The molecule has 6 rings (SSSR count). The Morgan fingerprint density at radius 1 is 0.911 bits per heavy atom. The van der Waals surface area contributed by atoms with Gasteiger partial charge in [0.05, 0.1) is 48.0 Å². The minimum absolute atomic E-state index is 0.118. The molecule has 0 unspecified atom stereocenters. The Kier molecular flexibility index (Phi) is 9.44. The van der Waals surface area contributed by atoms with E-state index in [1.54, 1.807) is 19.5 Å². The summed E-state index contributed by atoms with van der Waals surface area (Å²) in [4.78, 5) is 30.1. The van der Waals surface area contributed by atoms with Crippen molar-refractivity contribution in [3.8, 4) is 45.4 Å². The third-order valence-corrected chi connectivity index (χ3v) is 8.96. The molecule has 2 aromatic heterocycles. The van der Waals surface area contributed by atoms with Crippen LogP contribution < -0.4 is 20.1 Å². The van der Waals surface area contributed by atoms with E-state index >= 15 is 0 Å². The monoisotopic (exact) mass is 650 g/mol. The summed E-state index contributed by atoms with van der Waals surface area (Å²) in [6.45, 7) is 0.354. The Bertz CT molecular complexity index is 1720. The summed E-state index contributed by atoms with van der Waals surface area (Å²) in [5.74, 6) is 0.907. The van der Waals surface area contributed by atoms with Crippen LogP contribution in [0.4, 0.5) is 4.39 Å². The summed E-state index contributed by atoms with van der Waals surface area (Å²) in [5, 5.41) is 7.05. The molecular weight excluding hydrogens is 618 g/mol. The zero-order chi connectivity index (χ0) is 31.5. The van der Waals surface area contributed by atoms with E-state index in [0.29, 0.717) is 81.4 Å². The van der Waals surface area contributed by atoms with Crippen molar-refractivity contribution in [3.05, 3.63) is 70.2 Å². The first kappa shape index (κ1) is 31.1. The summed E-state index contributed by atoms with van der Waals surface area (Å²) in [6.07, 6.45) is 6.92. The van der Waals surface area contributed by atoms with Crippen LogP contribution in [0.1, 0.15) is 43.5 Å². The molecule has 0 radical (unpaired) electrons. The van der Waals surface area contributed by atoms with E-state index in [1.807, 2.05) is 36.4 Å². The second-order valence-electron chi connectivity index (χ2n) is 11.2. The molecule has 0 spiro atoms. The van der Waals surface area contributed by atoms with E-state index < -0.39 is 6.17 Å². The van der Waals surface area contributed by atoms with Gasteiger partial charge in [0.2, 0.25) is 17.7 Å². The van der Waals surface area contributed by atoms with Gasteiger partial charge in [-0.3, -0.25) is 14.8 Å². The van der Waals surface area contributed by atoms with E-state index in [0.717, 1.165) is 30.5 Å². The summed E-state index contributed by atoms with van der Waals surface area (Å²) in [5.41, 5.74) is 5.23. The van der Waals surface area contributed by atoms with Crippen LogP contribution in [-0.4, -0.2) is 58.3 Å². The number of amides is 1. The number of hydrogen-bond acceptors (Lipinski definition) is 8. The molecule has 1 saturated carbocycles. The number of ether oxygens (including phenoxy) is 2. The van der Waals surface area contributed by atoms with Gasteiger partial charge in [-0.25, -0.2) is 14.4 Å². The topological polar surface area (TPSA) is 111 Å². The Morgan fingerprint density at radius 2 is 1.47 bits per heavy atom. The molecule has 1 amide bonds. The quantitative estimate of drug-likeness (QED) is 0.181. The van der Waals surface area contributed by atoms with Gasteiger partial charge < -0.3 is 20.1 Å². The molecule has 1 aliphatic carbocycles. The van der Waals surface area contributed by atoms with Crippen molar-refractivity contribution in [1.82, 2.24) is 30.6 Å². The van der Waals surface area contributed by atoms with Gasteiger partial charge in [-0.2, -0.15) is 0 Å². The van der Waals surface area contributed by atoms with Crippen LogP contribution >= 0.6 is 23.2 Å². The van der Waals surface area contributed by atoms with E-state index in [2.05, 4.69) is 25.6 Å². The summed E-state index contributed by atoms with van der Waals surface area (Å²) >= 11 is 14.0. The highest BCUT2D eigenvalue weighted by Gasteiger charge is 2.37. The van der Waals surface area contributed by atoms with Gasteiger partial charge in [0, 0.05) is 47.3 Å². The van der Waals surface area contributed by atoms with Crippen molar-refractivity contribution in [1.29, 1.82) is 0 Å². The predicted molar refractivity (Wildman–Crippen MR) is 171 cm³/mol. The smallest absolute Gasteiger partial charge is 0.237 e. The lowest BCUT2D eigenvalue weighted by Crippen LogP contribution is -2.25. The van der Waals surface area contributed by atoms with Crippen LogP contribution in [0.15, 0.2) is 48.8 Å². The zero-order valence-corrected chi connectivity index (χ0v) is 26.5. The second kappa shape index (κ2) is 13.6. The summed E-state index contributed by atoms with van der Waals surface area (Å²) < 4.78 is 24.4. The number of carbonyl (C=O) groups excluding carboxylic acids is 1. The van der Waals surface area contributed by atoms with Crippen molar-refractivity contribution in [3.63, 3.8) is 0 Å². The molecule has 45 heavy (non-hydrogen) atoms. The zero-order valence-electron chi connectivity index (χ0n) is 24.9. The fraction of sp³-hybridized carbons (Fsp3) is 0.364. The van der Waals surface area contributed by atoms with E-state index in [9.17, 15) is 9.18 Å². The van der Waals surface area contributed by atoms with Gasteiger partial charge in [-0.05, 0) is 32.1 Å². The lowest BCUT2D eigenvalue weighted by atomic mass is 9.98. The first-order valence-electron chi connectivity index (χ1n) is 14.9. The van der Waals surface area contributed by atoms with Crippen LogP contribution in [0.25, 0.3) is 33.6 Å². The Labute approximate surface area is 270 Å². The Hall–Kier alpha value is -3.86. The maximum Gasteiger partial charge on any atom is 0.237 e. The summed E-state index contributed by atoms with van der Waals surface area (Å²) in [7, 11) is 3.10. The predicted octanol–water partition coefficient (Wildman–Crippen LogP) is 6.39.